The van der Waals surface area contributed by atoms with Gasteiger partial charge in [-0.1, -0.05) is 36.8 Å². The summed E-state index contributed by atoms with van der Waals surface area (Å²) < 4.78 is 46.8. The predicted octanol–water partition coefficient (Wildman–Crippen LogP) is 3.88. The summed E-state index contributed by atoms with van der Waals surface area (Å²) >= 11 is 0. The Morgan fingerprint density at radius 2 is 1.83 bits per heavy atom. The van der Waals surface area contributed by atoms with E-state index in [1.165, 1.54) is 12.1 Å². The third-order valence-electron chi connectivity index (χ3n) is 7.65. The lowest BCUT2D eigenvalue weighted by atomic mass is 9.99. The fourth-order valence-corrected chi connectivity index (χ4v) is 6.25. The van der Waals surface area contributed by atoms with Crippen molar-refractivity contribution in [3.05, 3.63) is 77.4 Å². The molecule has 2 heterocycles. The molecule has 2 aliphatic heterocycles. The van der Waals surface area contributed by atoms with Crippen molar-refractivity contribution < 1.29 is 32.5 Å². The number of aliphatic hydroxyl groups excluding tert-OH is 1. The number of aryl methyl sites for hydroxylation is 1. The summed E-state index contributed by atoms with van der Waals surface area (Å²) in [7, 11) is -1.99. The number of sulfonamides is 1. The van der Waals surface area contributed by atoms with Crippen molar-refractivity contribution in [3.8, 4) is 17.2 Å². The van der Waals surface area contributed by atoms with Crippen molar-refractivity contribution in [3.63, 3.8) is 0 Å². The van der Waals surface area contributed by atoms with Crippen molar-refractivity contribution in [2.24, 2.45) is 5.92 Å². The van der Waals surface area contributed by atoms with E-state index >= 15 is 0 Å². The fourth-order valence-electron chi connectivity index (χ4n) is 5.19. The van der Waals surface area contributed by atoms with Gasteiger partial charge in [-0.3, -0.25) is 14.4 Å². The highest BCUT2D eigenvalue weighted by Gasteiger charge is 2.35. The largest absolute Gasteiger partial charge is 0.486 e. The summed E-state index contributed by atoms with van der Waals surface area (Å²) in [5, 5.41) is 9.95. The number of carbonyl (C=O) groups is 1. The van der Waals surface area contributed by atoms with E-state index in [0.29, 0.717) is 25.4 Å². The molecule has 42 heavy (non-hydrogen) atoms. The SMILES string of the molecule is Cc1ccc(S(=O)(=O)Nc2cccc3c2O[C@H](CN(C)Cc2ccc4c(c2)OCO4)[C@H](C)CN([C@@H](C)CO)C3=O)cc1. The lowest BCUT2D eigenvalue weighted by molar-refractivity contribution is 0.0344. The second-order valence-corrected chi connectivity index (χ2v) is 12.8. The van der Waals surface area contributed by atoms with Gasteiger partial charge in [-0.2, -0.15) is 0 Å². The minimum Gasteiger partial charge on any atom is -0.486 e. The summed E-state index contributed by atoms with van der Waals surface area (Å²) in [6.07, 6.45) is -0.408. The number of aliphatic hydroxyl groups is 1. The number of benzene rings is 3. The number of fused-ring (bicyclic) bond motifs is 2. The minimum atomic E-state index is -3.96. The number of para-hydroxylation sites is 1. The average Bonchev–Trinajstić information content (AvgIpc) is 3.43. The Morgan fingerprint density at radius 3 is 2.57 bits per heavy atom. The molecule has 10 nitrogen and oxygen atoms in total. The van der Waals surface area contributed by atoms with Crippen molar-refractivity contribution in [2.45, 2.75) is 44.4 Å². The molecule has 224 valence electrons. The van der Waals surface area contributed by atoms with Gasteiger partial charge in [0.25, 0.3) is 15.9 Å². The van der Waals surface area contributed by atoms with Crippen molar-refractivity contribution in [2.75, 3.05) is 38.3 Å². The molecule has 0 fully saturated rings. The molecule has 0 bridgehead atoms. The smallest absolute Gasteiger partial charge is 0.262 e. The van der Waals surface area contributed by atoms with Crippen LogP contribution in [0.15, 0.2) is 65.6 Å². The molecular formula is C31H37N3O7S. The second-order valence-electron chi connectivity index (χ2n) is 11.1. The molecule has 1 amide bonds. The molecule has 0 unspecified atom stereocenters. The Bertz CT molecular complexity index is 1540. The zero-order chi connectivity index (χ0) is 30.0. The molecule has 0 radical (unpaired) electrons. The predicted molar refractivity (Wildman–Crippen MR) is 158 cm³/mol. The van der Waals surface area contributed by atoms with Gasteiger partial charge in [0.15, 0.2) is 17.2 Å². The molecule has 3 aromatic rings. The maximum atomic E-state index is 13.7. The van der Waals surface area contributed by atoms with E-state index in [1.54, 1.807) is 42.2 Å². The lowest BCUT2D eigenvalue weighted by Gasteiger charge is -2.38. The zero-order valence-corrected chi connectivity index (χ0v) is 25.1. The van der Waals surface area contributed by atoms with E-state index in [0.717, 1.165) is 16.9 Å². The normalized spacial score (nSPS) is 19.1. The van der Waals surface area contributed by atoms with Crippen LogP contribution in [0.5, 0.6) is 17.2 Å². The Kier molecular flexibility index (Phi) is 8.63. The minimum absolute atomic E-state index is 0.104. The van der Waals surface area contributed by atoms with Crippen LogP contribution in [0.25, 0.3) is 0 Å². The summed E-state index contributed by atoms with van der Waals surface area (Å²) in [6, 6.07) is 16.8. The Labute approximate surface area is 246 Å². The van der Waals surface area contributed by atoms with E-state index in [1.807, 2.05) is 39.1 Å². The topological polar surface area (TPSA) is 118 Å². The van der Waals surface area contributed by atoms with Crippen molar-refractivity contribution >= 4 is 21.6 Å². The van der Waals surface area contributed by atoms with Gasteiger partial charge in [-0.25, -0.2) is 8.42 Å². The maximum absolute atomic E-state index is 13.7. The van der Waals surface area contributed by atoms with Crippen molar-refractivity contribution in [1.82, 2.24) is 9.80 Å². The number of hydrogen-bond donors (Lipinski definition) is 2. The number of carbonyl (C=O) groups excluding carboxylic acids is 1. The fraction of sp³-hybridized carbons (Fsp3) is 0.387. The zero-order valence-electron chi connectivity index (χ0n) is 24.2. The van der Waals surface area contributed by atoms with E-state index in [2.05, 4.69) is 9.62 Å². The van der Waals surface area contributed by atoms with Gasteiger partial charge in [0.05, 0.1) is 28.8 Å². The van der Waals surface area contributed by atoms with Gasteiger partial charge in [-0.15, -0.1) is 0 Å². The van der Waals surface area contributed by atoms with Gasteiger partial charge >= 0.3 is 0 Å². The van der Waals surface area contributed by atoms with Crippen LogP contribution in [0.2, 0.25) is 0 Å². The molecule has 5 rings (SSSR count). The van der Waals surface area contributed by atoms with E-state index in [9.17, 15) is 18.3 Å². The van der Waals surface area contributed by atoms with Crippen LogP contribution in [0, 0.1) is 12.8 Å². The molecule has 0 saturated carbocycles. The molecule has 0 aromatic heterocycles. The molecule has 0 spiro atoms. The number of ether oxygens (including phenoxy) is 3. The van der Waals surface area contributed by atoms with Crippen LogP contribution in [0.1, 0.15) is 35.3 Å². The molecule has 3 atom stereocenters. The molecular weight excluding hydrogens is 558 g/mol. The quantitative estimate of drug-likeness (QED) is 0.383. The van der Waals surface area contributed by atoms with Crippen LogP contribution in [0.3, 0.4) is 0 Å². The molecule has 2 aliphatic rings. The van der Waals surface area contributed by atoms with Gasteiger partial charge in [0.2, 0.25) is 6.79 Å². The third-order valence-corrected chi connectivity index (χ3v) is 9.03. The van der Waals surface area contributed by atoms with Gasteiger partial charge < -0.3 is 24.2 Å². The van der Waals surface area contributed by atoms with E-state index in [4.69, 9.17) is 14.2 Å². The molecule has 2 N–H and O–H groups in total. The number of rotatable bonds is 9. The van der Waals surface area contributed by atoms with Crippen molar-refractivity contribution in [1.29, 1.82) is 0 Å². The number of likely N-dealkylation sites (N-methyl/N-ethyl adjacent to an activating group) is 1. The summed E-state index contributed by atoms with van der Waals surface area (Å²) in [5.74, 6) is 1.13. The maximum Gasteiger partial charge on any atom is 0.262 e. The first kappa shape index (κ1) is 29.7. The first-order chi connectivity index (χ1) is 20.1. The van der Waals surface area contributed by atoms with Gasteiger partial charge in [0.1, 0.15) is 6.10 Å². The van der Waals surface area contributed by atoms with Crippen LogP contribution in [0.4, 0.5) is 5.69 Å². The summed E-state index contributed by atoms with van der Waals surface area (Å²) in [5.41, 5.74) is 2.38. The number of nitrogens with zero attached hydrogens (tertiary/aromatic N) is 2. The lowest BCUT2D eigenvalue weighted by Crippen LogP contribution is -2.49. The van der Waals surface area contributed by atoms with E-state index in [-0.39, 0.29) is 47.1 Å². The Morgan fingerprint density at radius 1 is 1.10 bits per heavy atom. The van der Waals surface area contributed by atoms with E-state index < -0.39 is 22.2 Å². The monoisotopic (exact) mass is 595 g/mol. The van der Waals surface area contributed by atoms with Gasteiger partial charge in [0, 0.05) is 25.6 Å². The Balaban J connectivity index is 1.46. The number of amides is 1. The van der Waals surface area contributed by atoms with Crippen LogP contribution in [-0.4, -0.2) is 74.9 Å². The number of nitrogens with one attached hydrogen (secondary N) is 1. The van der Waals surface area contributed by atoms with Crippen LogP contribution in [-0.2, 0) is 16.6 Å². The highest BCUT2D eigenvalue weighted by atomic mass is 32.2. The third kappa shape index (κ3) is 6.33. The second kappa shape index (κ2) is 12.2. The highest BCUT2D eigenvalue weighted by molar-refractivity contribution is 7.92. The number of anilines is 1. The summed E-state index contributed by atoms with van der Waals surface area (Å²) in [6.45, 7) is 7.12. The molecule has 0 saturated heterocycles. The molecule has 0 aliphatic carbocycles. The number of hydrogen-bond acceptors (Lipinski definition) is 8. The first-order valence-electron chi connectivity index (χ1n) is 13.9. The average molecular weight is 596 g/mol. The molecule has 11 heteroatoms. The first-order valence-corrected chi connectivity index (χ1v) is 15.4. The van der Waals surface area contributed by atoms with Gasteiger partial charge in [-0.05, 0) is 62.9 Å². The molecule has 3 aromatic carbocycles. The standard InChI is InChI=1S/C31H37N3O7S/c1-20-8-11-24(12-9-20)42(37,38)32-26-7-5-6-25-30(26)41-29(21(2)15-34(31(25)36)22(3)18-35)17-33(4)16-23-10-13-27-28(14-23)40-19-39-27/h5-14,21-22,29,32,35H,15-19H2,1-4H3/t21-,22+,29-/m1/s1. The summed E-state index contributed by atoms with van der Waals surface area (Å²) in [4.78, 5) is 17.6. The van der Waals surface area contributed by atoms with Crippen LogP contribution >= 0.6 is 0 Å². The Hall–Kier alpha value is -3.80. The van der Waals surface area contributed by atoms with Crippen LogP contribution < -0.4 is 18.9 Å². The highest BCUT2D eigenvalue weighted by Crippen LogP contribution is 2.37.